The predicted octanol–water partition coefficient (Wildman–Crippen LogP) is 3.42. The summed E-state index contributed by atoms with van der Waals surface area (Å²) in [6.45, 7) is 8.88. The van der Waals surface area contributed by atoms with E-state index >= 15 is 0 Å². The zero-order valence-electron chi connectivity index (χ0n) is 11.4. The maximum atomic E-state index is 14.0. The Morgan fingerprint density at radius 2 is 1.79 bits per heavy atom. The van der Waals surface area contributed by atoms with E-state index in [2.05, 4.69) is 18.1 Å². The number of rotatable bonds is 6. The van der Waals surface area contributed by atoms with Gasteiger partial charge in [-0.1, -0.05) is 25.7 Å². The lowest BCUT2D eigenvalue weighted by molar-refractivity contribution is -0.124. The average molecular weight is 263 g/mol. The van der Waals surface area contributed by atoms with Gasteiger partial charge in [-0.3, -0.25) is 9.69 Å². The lowest BCUT2D eigenvalue weighted by Gasteiger charge is -2.34. The molecule has 0 amide bonds. The van der Waals surface area contributed by atoms with Gasteiger partial charge in [0.1, 0.15) is 5.83 Å². The smallest absolute Gasteiger partial charge is 0.157 e. The highest BCUT2D eigenvalue weighted by molar-refractivity contribution is 5.91. The summed E-state index contributed by atoms with van der Waals surface area (Å²) in [7, 11) is 0. The van der Waals surface area contributed by atoms with Crippen molar-refractivity contribution in [2.24, 2.45) is 5.92 Å². The van der Waals surface area contributed by atoms with Crippen molar-refractivity contribution in [2.45, 2.75) is 38.1 Å². The second-order valence-electron chi connectivity index (χ2n) is 5.39. The van der Waals surface area contributed by atoms with Gasteiger partial charge in [0.15, 0.2) is 5.78 Å². The third-order valence-electron chi connectivity index (χ3n) is 3.97. The van der Waals surface area contributed by atoms with Crippen LogP contribution in [-0.2, 0) is 4.79 Å². The zero-order valence-corrected chi connectivity index (χ0v) is 11.4. The molecular formula is C16H22FNO. The molecule has 1 aliphatic heterocycles. The third kappa shape index (κ3) is 3.21. The average Bonchev–Trinajstić information content (AvgIpc) is 3.28. The van der Waals surface area contributed by atoms with E-state index in [0.29, 0.717) is 5.57 Å². The van der Waals surface area contributed by atoms with Gasteiger partial charge in [-0.15, -0.1) is 0 Å². The van der Waals surface area contributed by atoms with Crippen LogP contribution in [0, 0.1) is 5.92 Å². The topological polar surface area (TPSA) is 20.3 Å². The van der Waals surface area contributed by atoms with E-state index in [4.69, 9.17) is 0 Å². The Hall–Kier alpha value is -1.22. The summed E-state index contributed by atoms with van der Waals surface area (Å²) in [6, 6.07) is -0.455. The van der Waals surface area contributed by atoms with Crippen LogP contribution in [0.5, 0.6) is 0 Å². The molecule has 3 heteroatoms. The minimum absolute atomic E-state index is 0.125. The molecule has 0 radical (unpaired) electrons. The molecule has 1 unspecified atom stereocenters. The first kappa shape index (κ1) is 14.2. The maximum Gasteiger partial charge on any atom is 0.157 e. The largest absolute Gasteiger partial charge is 0.297 e. The Morgan fingerprint density at radius 3 is 2.26 bits per heavy atom. The van der Waals surface area contributed by atoms with Crippen molar-refractivity contribution in [3.05, 3.63) is 36.7 Å². The number of hydrogen-bond donors (Lipinski definition) is 0. The van der Waals surface area contributed by atoms with Crippen molar-refractivity contribution in [1.82, 2.24) is 4.90 Å². The molecule has 0 N–H and O–H groups in total. The first-order chi connectivity index (χ1) is 9.19. The maximum absolute atomic E-state index is 14.0. The van der Waals surface area contributed by atoms with Crippen LogP contribution in [0.15, 0.2) is 36.7 Å². The molecule has 0 aromatic heterocycles. The lowest BCUT2D eigenvalue weighted by atomic mass is 9.94. The lowest BCUT2D eigenvalue weighted by Crippen LogP contribution is -2.45. The number of carbonyl (C=O) groups excluding carboxylic acids is 1. The molecule has 0 bridgehead atoms. The fourth-order valence-electron chi connectivity index (χ4n) is 2.76. The van der Waals surface area contributed by atoms with E-state index in [-0.39, 0.29) is 11.7 Å². The van der Waals surface area contributed by atoms with Crippen LogP contribution in [0.1, 0.15) is 32.1 Å². The van der Waals surface area contributed by atoms with E-state index in [0.717, 1.165) is 38.8 Å². The number of nitrogens with zero attached hydrogens (tertiary/aromatic N) is 1. The summed E-state index contributed by atoms with van der Waals surface area (Å²) in [6.07, 6.45) is 7.90. The first-order valence-corrected chi connectivity index (χ1v) is 7.11. The number of ketones is 1. The molecule has 2 rings (SSSR count). The quantitative estimate of drug-likeness (QED) is 0.684. The minimum atomic E-state index is -0.455. The molecule has 19 heavy (non-hydrogen) atoms. The van der Waals surface area contributed by atoms with Gasteiger partial charge in [-0.2, -0.15) is 0 Å². The summed E-state index contributed by atoms with van der Waals surface area (Å²) in [5.74, 6) is -0.132. The second-order valence-corrected chi connectivity index (χ2v) is 5.39. The third-order valence-corrected chi connectivity index (χ3v) is 3.97. The van der Waals surface area contributed by atoms with Crippen LogP contribution < -0.4 is 0 Å². The summed E-state index contributed by atoms with van der Waals surface area (Å²) < 4.78 is 14.0. The number of halogens is 1. The number of allylic oxidation sites excluding steroid dienone is 2. The van der Waals surface area contributed by atoms with Crippen molar-refractivity contribution in [2.75, 3.05) is 13.1 Å². The van der Waals surface area contributed by atoms with Gasteiger partial charge in [0.25, 0.3) is 0 Å². The Balaban J connectivity index is 2.28. The van der Waals surface area contributed by atoms with Crippen LogP contribution in [-0.4, -0.2) is 29.8 Å². The van der Waals surface area contributed by atoms with E-state index in [1.54, 1.807) is 0 Å². The van der Waals surface area contributed by atoms with Crippen LogP contribution in [0.4, 0.5) is 4.39 Å². The van der Waals surface area contributed by atoms with E-state index < -0.39 is 11.9 Å². The monoisotopic (exact) mass is 263 g/mol. The molecule has 2 nitrogen and oxygen atoms in total. The van der Waals surface area contributed by atoms with Crippen LogP contribution >= 0.6 is 0 Å². The highest BCUT2D eigenvalue weighted by atomic mass is 19.1. The number of Topliss-reactive ketones (excluding diaryl/α,β-unsaturated/α-hetero) is 1. The molecular weight excluding hydrogens is 241 g/mol. The minimum Gasteiger partial charge on any atom is -0.297 e. The summed E-state index contributed by atoms with van der Waals surface area (Å²) in [5, 5.41) is 0. The summed E-state index contributed by atoms with van der Waals surface area (Å²) in [4.78, 5) is 14.6. The molecule has 1 atom stereocenters. The number of carbonyl (C=O) groups is 1. The van der Waals surface area contributed by atoms with Gasteiger partial charge in [-0.05, 0) is 44.8 Å². The SMILES string of the molecule is C=C/C(F)=C(\C=C)C(C(=O)C1CC1)N1CCCCC1. The van der Waals surface area contributed by atoms with Gasteiger partial charge < -0.3 is 0 Å². The Morgan fingerprint density at radius 1 is 1.16 bits per heavy atom. The number of hydrogen-bond acceptors (Lipinski definition) is 2. The standard InChI is InChI=1S/C16H22FNO/c1-3-13(14(17)4-2)15(16(19)12-8-9-12)18-10-6-5-7-11-18/h3-4,12,15H,1-2,5-11H2/b14-13-. The van der Waals surface area contributed by atoms with Gasteiger partial charge in [-0.25, -0.2) is 4.39 Å². The second kappa shape index (κ2) is 6.29. The van der Waals surface area contributed by atoms with Crippen molar-refractivity contribution in [3.8, 4) is 0 Å². The molecule has 0 aromatic rings. The molecule has 2 fully saturated rings. The Labute approximate surface area is 114 Å². The van der Waals surface area contributed by atoms with Gasteiger partial charge in [0.05, 0.1) is 6.04 Å². The Kier molecular flexibility index (Phi) is 4.70. The first-order valence-electron chi connectivity index (χ1n) is 7.11. The molecule has 0 aromatic carbocycles. The molecule has 0 spiro atoms. The van der Waals surface area contributed by atoms with E-state index in [9.17, 15) is 9.18 Å². The molecule has 1 saturated heterocycles. The molecule has 2 aliphatic rings. The Bertz CT molecular complexity index is 403. The fourth-order valence-corrected chi connectivity index (χ4v) is 2.76. The van der Waals surface area contributed by atoms with Crippen LogP contribution in [0.25, 0.3) is 0 Å². The fraction of sp³-hybridized carbons (Fsp3) is 0.562. The molecule has 104 valence electrons. The van der Waals surface area contributed by atoms with Gasteiger partial charge in [0, 0.05) is 11.5 Å². The normalized spacial score (nSPS) is 23.4. The predicted molar refractivity (Wildman–Crippen MR) is 75.5 cm³/mol. The molecule has 1 aliphatic carbocycles. The molecule has 1 heterocycles. The zero-order chi connectivity index (χ0) is 13.8. The van der Waals surface area contributed by atoms with Crippen molar-refractivity contribution in [1.29, 1.82) is 0 Å². The van der Waals surface area contributed by atoms with Gasteiger partial charge >= 0.3 is 0 Å². The van der Waals surface area contributed by atoms with Gasteiger partial charge in [0.2, 0.25) is 0 Å². The number of piperidine rings is 1. The number of likely N-dealkylation sites (tertiary alicyclic amines) is 1. The highest BCUT2D eigenvalue weighted by Gasteiger charge is 2.39. The highest BCUT2D eigenvalue weighted by Crippen LogP contribution is 2.35. The van der Waals surface area contributed by atoms with Crippen molar-refractivity contribution >= 4 is 5.78 Å². The van der Waals surface area contributed by atoms with Crippen LogP contribution in [0.3, 0.4) is 0 Å². The summed E-state index contributed by atoms with van der Waals surface area (Å²) in [5.41, 5.74) is 0.397. The van der Waals surface area contributed by atoms with Crippen molar-refractivity contribution < 1.29 is 9.18 Å². The summed E-state index contributed by atoms with van der Waals surface area (Å²) >= 11 is 0. The van der Waals surface area contributed by atoms with E-state index in [1.165, 1.54) is 18.6 Å². The van der Waals surface area contributed by atoms with Crippen molar-refractivity contribution in [3.63, 3.8) is 0 Å². The molecule has 1 saturated carbocycles. The van der Waals surface area contributed by atoms with E-state index in [1.807, 2.05) is 0 Å². The van der Waals surface area contributed by atoms with Crippen LogP contribution in [0.2, 0.25) is 0 Å².